The normalized spacial score (nSPS) is 12.3. The number of rotatable bonds is 9. The van der Waals surface area contributed by atoms with Gasteiger partial charge in [-0.3, -0.25) is 4.79 Å². The van der Waals surface area contributed by atoms with Gasteiger partial charge in [-0.2, -0.15) is 0 Å². The summed E-state index contributed by atoms with van der Waals surface area (Å²) < 4.78 is 2.05. The predicted molar refractivity (Wildman–Crippen MR) is 146 cm³/mol. The van der Waals surface area contributed by atoms with Crippen LogP contribution in [0.15, 0.2) is 104 Å². The Morgan fingerprint density at radius 2 is 1.32 bits per heavy atom. The van der Waals surface area contributed by atoms with Crippen LogP contribution in [0.3, 0.4) is 0 Å². The number of aliphatic carboxylic acids is 1. The van der Waals surface area contributed by atoms with Crippen molar-refractivity contribution < 1.29 is 14.7 Å². The zero-order chi connectivity index (χ0) is 25.8. The zero-order valence-corrected chi connectivity index (χ0v) is 21.6. The molecule has 3 aromatic carbocycles. The van der Waals surface area contributed by atoms with Gasteiger partial charge in [0.05, 0.1) is 18.1 Å². The van der Waals surface area contributed by atoms with Gasteiger partial charge in [0, 0.05) is 12.6 Å². The number of imidazole rings is 1. The highest BCUT2D eigenvalue weighted by molar-refractivity contribution is 5.89. The average Bonchev–Trinajstić information content (AvgIpc) is 3.34. The molecule has 0 aliphatic rings. The van der Waals surface area contributed by atoms with Crippen LogP contribution in [-0.4, -0.2) is 38.1 Å². The second-order valence-electron chi connectivity index (χ2n) is 9.31. The number of carboxylic acid groups (broad SMARTS) is 1. The molecule has 1 aromatic heterocycles. The van der Waals surface area contributed by atoms with Crippen LogP contribution < -0.4 is 11.1 Å². The molecular formula is C29H31ClN4O3. The standard InChI is InChI=1S/C29H30N4O3.ClH/c1-28(2,27(35)36)32-26(34)25(30)18-24-19-33(20-31-24)29(21-12-6-3-7-13-21,22-14-8-4-9-15-22)23-16-10-5-11-17-23;/h3-17,19-20,25H,18,30H2,1-2H3,(H,32,34)(H,35,36);1H/t25-;/m0./s1. The maximum absolute atomic E-state index is 12.6. The Morgan fingerprint density at radius 3 is 1.73 bits per heavy atom. The molecule has 1 atom stereocenters. The van der Waals surface area contributed by atoms with E-state index < -0.39 is 29.0 Å². The molecule has 0 bridgehead atoms. The van der Waals surface area contributed by atoms with Crippen LogP contribution in [0.2, 0.25) is 0 Å². The number of hydrogen-bond donors (Lipinski definition) is 3. The quantitative estimate of drug-likeness (QED) is 0.290. The number of carbonyl (C=O) groups excluding carboxylic acids is 1. The largest absolute Gasteiger partial charge is 0.480 e. The number of amides is 1. The summed E-state index contributed by atoms with van der Waals surface area (Å²) in [6.07, 6.45) is 3.82. The van der Waals surface area contributed by atoms with Gasteiger partial charge < -0.3 is 20.7 Å². The number of nitrogens with two attached hydrogens (primary N) is 1. The number of benzene rings is 3. The van der Waals surface area contributed by atoms with Crippen molar-refractivity contribution in [3.05, 3.63) is 126 Å². The van der Waals surface area contributed by atoms with Crippen LogP contribution in [0.4, 0.5) is 0 Å². The summed E-state index contributed by atoms with van der Waals surface area (Å²) >= 11 is 0. The van der Waals surface area contributed by atoms with Gasteiger partial charge in [0.2, 0.25) is 5.91 Å². The van der Waals surface area contributed by atoms with Crippen molar-refractivity contribution in [2.75, 3.05) is 0 Å². The van der Waals surface area contributed by atoms with Gasteiger partial charge in [-0.1, -0.05) is 91.0 Å². The SMILES string of the molecule is CC(C)(NC(=O)[C@@H](N)Cc1cn(C(c2ccccc2)(c2ccccc2)c2ccccc2)cn1)C(=O)O.Cl. The van der Waals surface area contributed by atoms with Gasteiger partial charge in [0.1, 0.15) is 11.1 Å². The molecule has 192 valence electrons. The van der Waals surface area contributed by atoms with E-state index in [-0.39, 0.29) is 18.8 Å². The Bertz CT molecular complexity index is 1230. The van der Waals surface area contributed by atoms with E-state index in [0.29, 0.717) is 5.69 Å². The van der Waals surface area contributed by atoms with Crippen LogP contribution in [-0.2, 0) is 21.5 Å². The lowest BCUT2D eigenvalue weighted by Gasteiger charge is -2.37. The third kappa shape index (κ3) is 5.58. The van der Waals surface area contributed by atoms with Gasteiger partial charge in [0.15, 0.2) is 0 Å². The number of hydrogen-bond acceptors (Lipinski definition) is 4. The molecule has 1 amide bonds. The summed E-state index contributed by atoms with van der Waals surface area (Å²) in [5.41, 5.74) is 7.80. The number of carbonyl (C=O) groups is 2. The molecule has 0 saturated carbocycles. The summed E-state index contributed by atoms with van der Waals surface area (Å²) in [4.78, 5) is 28.6. The van der Waals surface area contributed by atoms with Gasteiger partial charge in [-0.25, -0.2) is 9.78 Å². The number of nitrogens with one attached hydrogen (secondary N) is 1. The van der Waals surface area contributed by atoms with Crippen molar-refractivity contribution in [2.24, 2.45) is 5.73 Å². The Balaban J connectivity index is 0.00000380. The van der Waals surface area contributed by atoms with Crippen molar-refractivity contribution in [1.29, 1.82) is 0 Å². The lowest BCUT2D eigenvalue weighted by Crippen LogP contribution is -2.55. The lowest BCUT2D eigenvalue weighted by molar-refractivity contribution is -0.146. The molecule has 0 saturated heterocycles. The van der Waals surface area contributed by atoms with Gasteiger partial charge in [-0.05, 0) is 30.5 Å². The molecule has 0 spiro atoms. The van der Waals surface area contributed by atoms with Gasteiger partial charge >= 0.3 is 5.97 Å². The molecule has 0 aliphatic heterocycles. The fourth-order valence-corrected chi connectivity index (χ4v) is 4.41. The summed E-state index contributed by atoms with van der Waals surface area (Å²) in [5, 5.41) is 11.8. The van der Waals surface area contributed by atoms with E-state index >= 15 is 0 Å². The highest BCUT2D eigenvalue weighted by atomic mass is 35.5. The topological polar surface area (TPSA) is 110 Å². The van der Waals surface area contributed by atoms with E-state index in [1.807, 2.05) is 65.4 Å². The molecule has 0 radical (unpaired) electrons. The smallest absolute Gasteiger partial charge is 0.328 e. The third-order valence-electron chi connectivity index (χ3n) is 6.33. The van der Waals surface area contributed by atoms with Crippen molar-refractivity contribution in [3.8, 4) is 0 Å². The average molecular weight is 519 g/mol. The van der Waals surface area contributed by atoms with Gasteiger partial charge in [0.25, 0.3) is 0 Å². The van der Waals surface area contributed by atoms with E-state index in [1.54, 1.807) is 6.33 Å². The Hall–Kier alpha value is -3.94. The van der Waals surface area contributed by atoms with Crippen molar-refractivity contribution in [1.82, 2.24) is 14.9 Å². The molecular weight excluding hydrogens is 488 g/mol. The van der Waals surface area contributed by atoms with Gasteiger partial charge in [-0.15, -0.1) is 12.4 Å². The van der Waals surface area contributed by atoms with Crippen LogP contribution in [0.5, 0.6) is 0 Å². The highest BCUT2D eigenvalue weighted by Gasteiger charge is 2.38. The third-order valence-corrected chi connectivity index (χ3v) is 6.33. The molecule has 0 unspecified atom stereocenters. The fourth-order valence-electron chi connectivity index (χ4n) is 4.41. The van der Waals surface area contributed by atoms with Crippen molar-refractivity contribution in [2.45, 2.75) is 37.4 Å². The van der Waals surface area contributed by atoms with Crippen LogP contribution in [0.1, 0.15) is 36.2 Å². The first kappa shape index (κ1) is 27.6. The molecule has 7 nitrogen and oxygen atoms in total. The second-order valence-corrected chi connectivity index (χ2v) is 9.31. The lowest BCUT2D eigenvalue weighted by atomic mass is 9.77. The first-order valence-electron chi connectivity index (χ1n) is 11.8. The number of aromatic nitrogens is 2. The fraction of sp³-hybridized carbons (Fsp3) is 0.207. The zero-order valence-electron chi connectivity index (χ0n) is 20.7. The van der Waals surface area contributed by atoms with E-state index in [9.17, 15) is 14.7 Å². The number of nitrogens with zero attached hydrogens (tertiary/aromatic N) is 2. The molecule has 0 aliphatic carbocycles. The molecule has 4 aromatic rings. The monoisotopic (exact) mass is 518 g/mol. The van der Waals surface area contributed by atoms with Crippen molar-refractivity contribution in [3.63, 3.8) is 0 Å². The summed E-state index contributed by atoms with van der Waals surface area (Å²) in [7, 11) is 0. The molecule has 37 heavy (non-hydrogen) atoms. The van der Waals surface area contributed by atoms with E-state index in [2.05, 4.69) is 46.7 Å². The number of carboxylic acids is 1. The Kier molecular flexibility index (Phi) is 8.53. The second kappa shape index (κ2) is 11.4. The van der Waals surface area contributed by atoms with E-state index in [4.69, 9.17) is 5.73 Å². The minimum atomic E-state index is -1.42. The molecule has 8 heteroatoms. The minimum absolute atomic E-state index is 0. The maximum Gasteiger partial charge on any atom is 0.328 e. The first-order valence-corrected chi connectivity index (χ1v) is 11.8. The molecule has 4 N–H and O–H groups in total. The summed E-state index contributed by atoms with van der Waals surface area (Å²) in [6.45, 7) is 2.84. The van der Waals surface area contributed by atoms with E-state index in [1.165, 1.54) is 13.8 Å². The van der Waals surface area contributed by atoms with Crippen LogP contribution in [0.25, 0.3) is 0 Å². The minimum Gasteiger partial charge on any atom is -0.480 e. The predicted octanol–water partition coefficient (Wildman–Crippen LogP) is 3.99. The summed E-state index contributed by atoms with van der Waals surface area (Å²) in [6, 6.07) is 29.6. The Morgan fingerprint density at radius 1 is 0.892 bits per heavy atom. The molecule has 4 rings (SSSR count). The van der Waals surface area contributed by atoms with Crippen LogP contribution >= 0.6 is 12.4 Å². The highest BCUT2D eigenvalue weighted by Crippen LogP contribution is 2.40. The molecule has 0 fully saturated rings. The maximum atomic E-state index is 12.6. The van der Waals surface area contributed by atoms with E-state index in [0.717, 1.165) is 16.7 Å². The molecule has 1 heterocycles. The summed E-state index contributed by atoms with van der Waals surface area (Å²) in [5.74, 6) is -1.68. The van der Waals surface area contributed by atoms with Crippen LogP contribution in [0, 0.1) is 0 Å². The van der Waals surface area contributed by atoms with Crippen molar-refractivity contribution >= 4 is 24.3 Å². The number of halogens is 1. The Labute approximate surface area is 222 Å². The first-order chi connectivity index (χ1) is 17.2.